The van der Waals surface area contributed by atoms with Crippen molar-refractivity contribution in [2.75, 3.05) is 0 Å². The third-order valence-electron chi connectivity index (χ3n) is 3.74. The number of carbonyl (C=O) groups is 1. The van der Waals surface area contributed by atoms with Crippen molar-refractivity contribution in [3.63, 3.8) is 0 Å². The van der Waals surface area contributed by atoms with E-state index in [0.29, 0.717) is 0 Å². The Hall–Kier alpha value is -2.09. The second kappa shape index (κ2) is 18.3. The molecule has 0 amide bonds. The summed E-state index contributed by atoms with van der Waals surface area (Å²) in [6.45, 7) is 4.63. The van der Waals surface area contributed by atoms with E-state index in [2.05, 4.69) is 26.0 Å². The van der Waals surface area contributed by atoms with Crippen molar-refractivity contribution in [2.24, 2.45) is 5.92 Å². The fraction of sp³-hybridized carbons (Fsp3) is 0.435. The first kappa shape index (κ1) is 22.9. The van der Waals surface area contributed by atoms with Crippen molar-refractivity contribution in [1.29, 1.82) is 0 Å². The van der Waals surface area contributed by atoms with Gasteiger partial charge in [0.2, 0.25) is 0 Å². The van der Waals surface area contributed by atoms with Crippen molar-refractivity contribution in [3.8, 4) is 0 Å². The summed E-state index contributed by atoms with van der Waals surface area (Å²) in [6.07, 6.45) is 31.3. The molecule has 1 unspecified atom stereocenters. The fourth-order valence-electron chi connectivity index (χ4n) is 2.30. The van der Waals surface area contributed by atoms with Crippen LogP contribution in [0.4, 0.5) is 0 Å². The van der Waals surface area contributed by atoms with Crippen LogP contribution in [0.2, 0.25) is 0 Å². The molecule has 0 fully saturated rings. The van der Waals surface area contributed by atoms with Crippen LogP contribution in [0.3, 0.4) is 0 Å². The number of rotatable bonds is 14. The summed E-state index contributed by atoms with van der Waals surface area (Å²) in [7, 11) is 0. The van der Waals surface area contributed by atoms with Crippen LogP contribution in [0, 0.1) is 5.92 Å². The molecule has 0 radical (unpaired) electrons. The minimum absolute atomic E-state index is 0.860. The highest BCUT2D eigenvalue weighted by atomic mass is 16.4. The van der Waals surface area contributed by atoms with Crippen molar-refractivity contribution < 1.29 is 9.90 Å². The molecule has 2 heteroatoms. The second-order valence-corrected chi connectivity index (χ2v) is 6.20. The maximum atomic E-state index is 10.2. The molecule has 0 aromatic rings. The third kappa shape index (κ3) is 19.9. The largest absolute Gasteiger partial charge is 0.478 e. The second-order valence-electron chi connectivity index (χ2n) is 6.20. The molecule has 0 aliphatic rings. The van der Waals surface area contributed by atoms with Gasteiger partial charge in [0.25, 0.3) is 0 Å². The quantitative estimate of drug-likeness (QED) is 0.214. The van der Waals surface area contributed by atoms with E-state index in [1.54, 1.807) is 12.2 Å². The molecule has 1 N–H and O–H groups in total. The monoisotopic (exact) mass is 342 g/mol. The first-order valence-electron chi connectivity index (χ1n) is 9.39. The first-order chi connectivity index (χ1) is 12.2. The molecule has 1 atom stereocenters. The Morgan fingerprint density at radius 1 is 0.800 bits per heavy atom. The maximum Gasteiger partial charge on any atom is 0.328 e. The Kier molecular flexibility index (Phi) is 16.7. The molecule has 0 spiro atoms. The predicted molar refractivity (Wildman–Crippen MR) is 110 cm³/mol. The van der Waals surface area contributed by atoms with Crippen LogP contribution in [-0.4, -0.2) is 11.1 Å². The zero-order chi connectivity index (χ0) is 18.6. The van der Waals surface area contributed by atoms with Crippen LogP contribution < -0.4 is 0 Å². The summed E-state index contributed by atoms with van der Waals surface area (Å²) in [4.78, 5) is 10.2. The van der Waals surface area contributed by atoms with Crippen molar-refractivity contribution in [1.82, 2.24) is 0 Å². The van der Waals surface area contributed by atoms with E-state index in [1.807, 2.05) is 36.5 Å². The highest BCUT2D eigenvalue weighted by Crippen LogP contribution is 2.15. The number of hydrogen-bond donors (Lipinski definition) is 1. The van der Waals surface area contributed by atoms with Gasteiger partial charge < -0.3 is 5.11 Å². The molecule has 138 valence electrons. The first-order valence-corrected chi connectivity index (χ1v) is 9.39. The van der Waals surface area contributed by atoms with Crippen LogP contribution in [0.25, 0.3) is 0 Å². The Labute approximate surface area is 154 Å². The van der Waals surface area contributed by atoms with E-state index < -0.39 is 5.97 Å². The predicted octanol–water partition coefficient (Wildman–Crippen LogP) is 6.79. The van der Waals surface area contributed by atoms with Gasteiger partial charge in [0, 0.05) is 6.08 Å². The van der Waals surface area contributed by atoms with Gasteiger partial charge in [0.15, 0.2) is 0 Å². The number of aliphatic carboxylic acids is 1. The molecule has 25 heavy (non-hydrogen) atoms. The summed E-state index contributed by atoms with van der Waals surface area (Å²) < 4.78 is 0. The average molecular weight is 343 g/mol. The fourth-order valence-corrected chi connectivity index (χ4v) is 2.30. The number of hydrogen-bond acceptors (Lipinski definition) is 1. The zero-order valence-electron chi connectivity index (χ0n) is 15.8. The van der Waals surface area contributed by atoms with Gasteiger partial charge in [0.1, 0.15) is 0 Å². The number of allylic oxidation sites excluding steroid dienone is 11. The molecule has 0 aliphatic carbocycles. The SMILES string of the molecule is CCCCCC(C)CCCC=CC=CC=CC=CC=CC=CC(=O)O. The van der Waals surface area contributed by atoms with E-state index in [1.165, 1.54) is 44.6 Å². The van der Waals surface area contributed by atoms with Gasteiger partial charge in [-0.3, -0.25) is 0 Å². The van der Waals surface area contributed by atoms with Gasteiger partial charge in [-0.2, -0.15) is 0 Å². The van der Waals surface area contributed by atoms with Gasteiger partial charge >= 0.3 is 5.97 Å². The van der Waals surface area contributed by atoms with E-state index in [9.17, 15) is 4.79 Å². The molecule has 0 saturated heterocycles. The molecule has 0 aromatic carbocycles. The van der Waals surface area contributed by atoms with Crippen molar-refractivity contribution in [2.45, 2.75) is 58.8 Å². The molecular formula is C23H34O2. The Morgan fingerprint density at radius 3 is 1.88 bits per heavy atom. The molecule has 0 aromatic heterocycles. The minimum Gasteiger partial charge on any atom is -0.478 e. The van der Waals surface area contributed by atoms with Crippen LogP contribution in [0.1, 0.15) is 58.8 Å². The standard InChI is InChI=1S/C23H34O2/c1-3-4-16-19-22(2)20-17-14-12-10-8-6-5-7-9-11-13-15-18-21-23(24)25/h5-13,15,18,21-22H,3-4,14,16-17,19-20H2,1-2H3,(H,24,25). The Bertz CT molecular complexity index is 490. The van der Waals surface area contributed by atoms with E-state index >= 15 is 0 Å². The van der Waals surface area contributed by atoms with Gasteiger partial charge in [-0.25, -0.2) is 4.79 Å². The Morgan fingerprint density at radius 2 is 1.32 bits per heavy atom. The van der Waals surface area contributed by atoms with Gasteiger partial charge in [-0.1, -0.05) is 113 Å². The highest BCUT2D eigenvalue weighted by Gasteiger charge is 2.00. The third-order valence-corrected chi connectivity index (χ3v) is 3.74. The zero-order valence-corrected chi connectivity index (χ0v) is 15.8. The molecule has 0 heterocycles. The van der Waals surface area contributed by atoms with Crippen molar-refractivity contribution >= 4 is 5.97 Å². The smallest absolute Gasteiger partial charge is 0.328 e. The van der Waals surface area contributed by atoms with Gasteiger partial charge in [-0.15, -0.1) is 0 Å². The molecular weight excluding hydrogens is 308 g/mol. The number of carboxylic acids is 1. The lowest BCUT2D eigenvalue weighted by molar-refractivity contribution is -0.131. The summed E-state index contributed by atoms with van der Waals surface area (Å²) in [5.74, 6) is -0.0768. The summed E-state index contributed by atoms with van der Waals surface area (Å²) in [5, 5.41) is 8.41. The molecule has 0 aliphatic heterocycles. The lowest BCUT2D eigenvalue weighted by Crippen LogP contribution is -1.94. The van der Waals surface area contributed by atoms with Crippen LogP contribution in [-0.2, 0) is 4.79 Å². The van der Waals surface area contributed by atoms with E-state index in [0.717, 1.165) is 18.4 Å². The topological polar surface area (TPSA) is 37.3 Å². The lowest BCUT2D eigenvalue weighted by atomic mass is 9.97. The minimum atomic E-state index is -0.937. The summed E-state index contributed by atoms with van der Waals surface area (Å²) in [6, 6.07) is 0. The van der Waals surface area contributed by atoms with E-state index in [4.69, 9.17) is 5.11 Å². The highest BCUT2D eigenvalue weighted by molar-refractivity contribution is 5.80. The molecule has 2 nitrogen and oxygen atoms in total. The Balaban J connectivity index is 3.69. The summed E-state index contributed by atoms with van der Waals surface area (Å²) >= 11 is 0. The van der Waals surface area contributed by atoms with E-state index in [-0.39, 0.29) is 0 Å². The normalized spacial score (nSPS) is 14.3. The number of carboxylic acid groups (broad SMARTS) is 1. The van der Waals surface area contributed by atoms with Crippen LogP contribution >= 0.6 is 0 Å². The van der Waals surface area contributed by atoms with Crippen LogP contribution in [0.5, 0.6) is 0 Å². The number of unbranched alkanes of at least 4 members (excludes halogenated alkanes) is 3. The lowest BCUT2D eigenvalue weighted by Gasteiger charge is -2.09. The average Bonchev–Trinajstić information content (AvgIpc) is 2.58. The molecule has 0 saturated carbocycles. The molecule has 0 rings (SSSR count). The van der Waals surface area contributed by atoms with Gasteiger partial charge in [-0.05, 0) is 18.8 Å². The van der Waals surface area contributed by atoms with Crippen LogP contribution in [0.15, 0.2) is 72.9 Å². The molecule has 0 bridgehead atoms. The van der Waals surface area contributed by atoms with Gasteiger partial charge in [0.05, 0.1) is 0 Å². The maximum absolute atomic E-state index is 10.2. The summed E-state index contributed by atoms with van der Waals surface area (Å²) in [5.41, 5.74) is 0. The van der Waals surface area contributed by atoms with Crippen molar-refractivity contribution in [3.05, 3.63) is 72.9 Å².